The van der Waals surface area contributed by atoms with Crippen molar-refractivity contribution in [3.63, 3.8) is 0 Å². The van der Waals surface area contributed by atoms with Gasteiger partial charge in [0.25, 0.3) is 0 Å². The largest absolute Gasteiger partial charge is 0.340 e. The van der Waals surface area contributed by atoms with Crippen LogP contribution in [0, 0.1) is 12.8 Å². The third-order valence-corrected chi connectivity index (χ3v) is 6.59. The van der Waals surface area contributed by atoms with Gasteiger partial charge in [-0.05, 0) is 37.8 Å². The maximum Gasteiger partial charge on any atom is 0.223 e. The predicted molar refractivity (Wildman–Crippen MR) is 102 cm³/mol. The van der Waals surface area contributed by atoms with E-state index in [9.17, 15) is 9.59 Å². The Bertz CT molecular complexity index is 584. The highest BCUT2D eigenvalue weighted by atomic mass is 32.1. The van der Waals surface area contributed by atoms with Crippen LogP contribution in [0.5, 0.6) is 0 Å². The summed E-state index contributed by atoms with van der Waals surface area (Å²) in [5, 5.41) is 0. The summed E-state index contributed by atoms with van der Waals surface area (Å²) in [6.07, 6.45) is 7.62. The maximum absolute atomic E-state index is 12.4. The highest BCUT2D eigenvalue weighted by Gasteiger charge is 2.24. The van der Waals surface area contributed by atoms with Gasteiger partial charge in [-0.2, -0.15) is 0 Å². The number of amides is 1. The molecule has 25 heavy (non-hydrogen) atoms. The Hall–Kier alpha value is -1.20. The van der Waals surface area contributed by atoms with Gasteiger partial charge in [0, 0.05) is 50.4 Å². The summed E-state index contributed by atoms with van der Waals surface area (Å²) in [7, 11) is 0. The quantitative estimate of drug-likeness (QED) is 0.724. The van der Waals surface area contributed by atoms with Crippen molar-refractivity contribution >= 4 is 23.0 Å². The number of thiophene rings is 1. The minimum atomic E-state index is 0.0994. The van der Waals surface area contributed by atoms with Crippen molar-refractivity contribution in [3.8, 4) is 0 Å². The maximum atomic E-state index is 12.4. The van der Waals surface area contributed by atoms with Crippen molar-refractivity contribution in [3.05, 3.63) is 21.9 Å². The molecule has 0 N–H and O–H groups in total. The molecular formula is C20H30N2O2S. The van der Waals surface area contributed by atoms with Gasteiger partial charge >= 0.3 is 0 Å². The minimum absolute atomic E-state index is 0.0994. The van der Waals surface area contributed by atoms with Crippen LogP contribution in [-0.2, 0) is 4.79 Å². The van der Waals surface area contributed by atoms with E-state index < -0.39 is 0 Å². The monoisotopic (exact) mass is 362 g/mol. The topological polar surface area (TPSA) is 40.6 Å². The van der Waals surface area contributed by atoms with Crippen LogP contribution in [0.4, 0.5) is 0 Å². The molecule has 1 aliphatic heterocycles. The van der Waals surface area contributed by atoms with Crippen molar-refractivity contribution in [1.82, 2.24) is 9.80 Å². The van der Waals surface area contributed by atoms with Crippen LogP contribution < -0.4 is 0 Å². The van der Waals surface area contributed by atoms with Gasteiger partial charge in [0.2, 0.25) is 5.91 Å². The highest BCUT2D eigenvalue weighted by Crippen LogP contribution is 2.25. The Balaban J connectivity index is 1.37. The third kappa shape index (κ3) is 5.38. The fraction of sp³-hybridized carbons (Fsp3) is 0.700. The molecule has 0 radical (unpaired) electrons. The fourth-order valence-electron chi connectivity index (χ4n) is 4.00. The van der Waals surface area contributed by atoms with Crippen molar-refractivity contribution in [1.29, 1.82) is 0 Å². The van der Waals surface area contributed by atoms with Crippen LogP contribution in [0.2, 0.25) is 0 Å². The lowest BCUT2D eigenvalue weighted by molar-refractivity contribution is -0.133. The molecule has 3 rings (SSSR count). The van der Waals surface area contributed by atoms with Crippen LogP contribution >= 0.6 is 11.3 Å². The number of carbonyl (C=O) groups excluding carboxylic acids is 2. The number of ketones is 1. The Labute approximate surface area is 155 Å². The van der Waals surface area contributed by atoms with Crippen LogP contribution in [0.1, 0.15) is 59.5 Å². The zero-order chi connectivity index (χ0) is 17.6. The zero-order valence-corrected chi connectivity index (χ0v) is 16.2. The second kappa shape index (κ2) is 8.95. The van der Waals surface area contributed by atoms with E-state index in [2.05, 4.69) is 4.90 Å². The Morgan fingerprint density at radius 2 is 1.76 bits per heavy atom. The number of Topliss-reactive ketones (excluding diaryl/α,β-unsaturated/α-hetero) is 1. The average molecular weight is 363 g/mol. The predicted octanol–water partition coefficient (Wildman–Crippen LogP) is 3.74. The van der Waals surface area contributed by atoms with Gasteiger partial charge in [0.05, 0.1) is 4.88 Å². The molecule has 2 heterocycles. The second-order valence-electron chi connectivity index (χ2n) is 7.52. The molecule has 0 atom stereocenters. The number of carbonyl (C=O) groups is 2. The molecule has 1 amide bonds. The van der Waals surface area contributed by atoms with Crippen molar-refractivity contribution < 1.29 is 9.59 Å². The first-order valence-electron chi connectivity index (χ1n) is 9.71. The second-order valence-corrected chi connectivity index (χ2v) is 8.81. The molecule has 2 aliphatic rings. The number of nitrogens with zero attached hydrogens (tertiary/aromatic N) is 2. The van der Waals surface area contributed by atoms with E-state index >= 15 is 0 Å². The van der Waals surface area contributed by atoms with E-state index in [0.29, 0.717) is 12.8 Å². The lowest BCUT2D eigenvalue weighted by Gasteiger charge is -2.37. The average Bonchev–Trinajstić information content (AvgIpc) is 3.07. The molecule has 0 bridgehead atoms. The summed E-state index contributed by atoms with van der Waals surface area (Å²) in [4.78, 5) is 30.9. The normalized spacial score (nSPS) is 20.0. The smallest absolute Gasteiger partial charge is 0.223 e. The molecule has 1 aromatic rings. The van der Waals surface area contributed by atoms with Crippen molar-refractivity contribution in [2.75, 3.05) is 32.7 Å². The van der Waals surface area contributed by atoms with Crippen LogP contribution in [0.3, 0.4) is 0 Å². The Morgan fingerprint density at radius 3 is 2.40 bits per heavy atom. The van der Waals surface area contributed by atoms with Crippen molar-refractivity contribution in [2.45, 2.75) is 51.9 Å². The Morgan fingerprint density at radius 1 is 1.04 bits per heavy atom. The van der Waals surface area contributed by atoms with Crippen molar-refractivity contribution in [2.24, 2.45) is 5.92 Å². The lowest BCUT2D eigenvalue weighted by atomic mass is 9.89. The molecule has 0 spiro atoms. The fourth-order valence-corrected chi connectivity index (χ4v) is 4.84. The van der Waals surface area contributed by atoms with Gasteiger partial charge in [-0.15, -0.1) is 11.3 Å². The van der Waals surface area contributed by atoms with Crippen LogP contribution in [-0.4, -0.2) is 54.2 Å². The molecule has 1 saturated carbocycles. The molecule has 1 aliphatic carbocycles. The molecule has 0 aromatic carbocycles. The van der Waals surface area contributed by atoms with Gasteiger partial charge in [-0.1, -0.05) is 19.3 Å². The first-order chi connectivity index (χ1) is 12.1. The molecule has 5 heteroatoms. The number of hydrogen-bond acceptors (Lipinski definition) is 4. The first kappa shape index (κ1) is 18.6. The molecular weight excluding hydrogens is 332 g/mol. The summed E-state index contributed by atoms with van der Waals surface area (Å²) in [5.41, 5.74) is 0. The lowest BCUT2D eigenvalue weighted by Crippen LogP contribution is -2.49. The van der Waals surface area contributed by atoms with E-state index in [4.69, 9.17) is 0 Å². The van der Waals surface area contributed by atoms with Gasteiger partial charge in [0.1, 0.15) is 0 Å². The first-order valence-corrected chi connectivity index (χ1v) is 10.5. The summed E-state index contributed by atoms with van der Waals surface area (Å²) >= 11 is 1.52. The zero-order valence-electron chi connectivity index (χ0n) is 15.3. The molecule has 138 valence electrons. The summed E-state index contributed by atoms with van der Waals surface area (Å²) in [5.74, 6) is 1.10. The third-order valence-electron chi connectivity index (χ3n) is 5.55. The van der Waals surface area contributed by atoms with E-state index in [-0.39, 0.29) is 11.7 Å². The summed E-state index contributed by atoms with van der Waals surface area (Å²) in [6.45, 7) is 6.81. The SMILES string of the molecule is Cc1ccc(C(=O)CCC(=O)N2CCN(CC3CCCCC3)CC2)s1. The van der Waals surface area contributed by atoms with Crippen LogP contribution in [0.25, 0.3) is 0 Å². The highest BCUT2D eigenvalue weighted by molar-refractivity contribution is 7.14. The number of piperazine rings is 1. The number of hydrogen-bond donors (Lipinski definition) is 0. The molecule has 1 aromatic heterocycles. The van der Waals surface area contributed by atoms with E-state index in [1.807, 2.05) is 24.0 Å². The van der Waals surface area contributed by atoms with Gasteiger partial charge in [-0.25, -0.2) is 0 Å². The molecule has 4 nitrogen and oxygen atoms in total. The van der Waals surface area contributed by atoms with E-state index in [1.165, 1.54) is 50.0 Å². The molecule has 2 fully saturated rings. The molecule has 1 saturated heterocycles. The van der Waals surface area contributed by atoms with Gasteiger partial charge < -0.3 is 4.90 Å². The van der Waals surface area contributed by atoms with Gasteiger partial charge in [0.15, 0.2) is 5.78 Å². The summed E-state index contributed by atoms with van der Waals surface area (Å²) < 4.78 is 0. The number of aryl methyl sites for hydroxylation is 1. The standard InChI is InChI=1S/C20H30N2O2S/c1-16-7-9-19(25-16)18(23)8-10-20(24)22-13-11-21(12-14-22)15-17-5-3-2-4-6-17/h7,9,17H,2-6,8,10-15H2,1H3. The Kier molecular flexibility index (Phi) is 6.65. The van der Waals surface area contributed by atoms with Gasteiger partial charge in [-0.3, -0.25) is 14.5 Å². The van der Waals surface area contributed by atoms with E-state index in [1.54, 1.807) is 0 Å². The number of rotatable bonds is 6. The van der Waals surface area contributed by atoms with Crippen LogP contribution in [0.15, 0.2) is 12.1 Å². The summed E-state index contributed by atoms with van der Waals surface area (Å²) in [6, 6.07) is 3.84. The molecule has 0 unspecified atom stereocenters. The minimum Gasteiger partial charge on any atom is -0.340 e. The van der Waals surface area contributed by atoms with E-state index in [0.717, 1.165) is 41.9 Å².